The summed E-state index contributed by atoms with van der Waals surface area (Å²) < 4.78 is 55.0. The SMILES string of the molecule is Cc1nc2ncc(C3CN(C)C(=O)C4NCCC43)nc2n1Cc1cc(F)cc(C(F)(F)F)c1. The maximum atomic E-state index is 13.9. The minimum atomic E-state index is -4.65. The Morgan fingerprint density at radius 3 is 2.76 bits per heavy atom. The Labute approximate surface area is 186 Å². The minimum Gasteiger partial charge on any atom is -0.344 e. The number of piperidine rings is 1. The number of hydrogen-bond acceptors (Lipinski definition) is 5. The van der Waals surface area contributed by atoms with Crippen LogP contribution in [0.4, 0.5) is 17.6 Å². The number of fused-ring (bicyclic) bond motifs is 2. The lowest BCUT2D eigenvalue weighted by atomic mass is 9.80. The molecule has 0 bridgehead atoms. The van der Waals surface area contributed by atoms with E-state index in [-0.39, 0.29) is 35.9 Å². The topological polar surface area (TPSA) is 75.9 Å². The first kappa shape index (κ1) is 21.7. The zero-order chi connectivity index (χ0) is 23.5. The number of halogens is 4. The van der Waals surface area contributed by atoms with Crippen molar-refractivity contribution in [2.24, 2.45) is 5.92 Å². The van der Waals surface area contributed by atoms with Crippen molar-refractivity contribution in [1.82, 2.24) is 29.7 Å². The number of alkyl halides is 3. The molecule has 3 aromatic rings. The highest BCUT2D eigenvalue weighted by atomic mass is 19.4. The zero-order valence-electron chi connectivity index (χ0n) is 18.0. The number of benzene rings is 1. The summed E-state index contributed by atoms with van der Waals surface area (Å²) in [5, 5.41) is 3.26. The summed E-state index contributed by atoms with van der Waals surface area (Å²) >= 11 is 0. The molecule has 0 radical (unpaired) electrons. The van der Waals surface area contributed by atoms with Crippen LogP contribution < -0.4 is 5.32 Å². The lowest BCUT2D eigenvalue weighted by Crippen LogP contribution is -2.53. The van der Waals surface area contributed by atoms with Crippen molar-refractivity contribution in [2.45, 2.75) is 38.0 Å². The van der Waals surface area contributed by atoms with Gasteiger partial charge in [-0.3, -0.25) is 4.79 Å². The summed E-state index contributed by atoms with van der Waals surface area (Å²) in [6.45, 7) is 2.93. The molecule has 4 heterocycles. The molecule has 1 amide bonds. The Balaban J connectivity index is 1.53. The Kier molecular flexibility index (Phi) is 5.11. The number of amides is 1. The summed E-state index contributed by atoms with van der Waals surface area (Å²) in [7, 11) is 1.76. The van der Waals surface area contributed by atoms with E-state index in [4.69, 9.17) is 4.98 Å². The third kappa shape index (κ3) is 3.84. The van der Waals surface area contributed by atoms with Gasteiger partial charge in [0.25, 0.3) is 0 Å². The molecule has 2 aliphatic heterocycles. The fraction of sp³-hybridized carbons (Fsp3) is 0.455. The predicted molar refractivity (Wildman–Crippen MR) is 111 cm³/mol. The third-order valence-corrected chi connectivity index (χ3v) is 6.57. The molecule has 1 N–H and O–H groups in total. The zero-order valence-corrected chi connectivity index (χ0v) is 18.0. The van der Waals surface area contributed by atoms with E-state index in [1.54, 1.807) is 29.6 Å². The third-order valence-electron chi connectivity index (χ3n) is 6.57. The number of aryl methyl sites for hydroxylation is 1. The van der Waals surface area contributed by atoms with Crippen LogP contribution in [0.2, 0.25) is 0 Å². The first-order chi connectivity index (χ1) is 15.6. The number of nitrogens with zero attached hydrogens (tertiary/aromatic N) is 5. The molecule has 3 unspecified atom stereocenters. The molecule has 1 aromatic carbocycles. The van der Waals surface area contributed by atoms with Crippen LogP contribution in [0.1, 0.15) is 35.0 Å². The van der Waals surface area contributed by atoms with E-state index in [1.165, 1.54) is 0 Å². The smallest absolute Gasteiger partial charge is 0.344 e. The Morgan fingerprint density at radius 1 is 1.21 bits per heavy atom. The van der Waals surface area contributed by atoms with Crippen LogP contribution in [0.25, 0.3) is 11.3 Å². The van der Waals surface area contributed by atoms with Crippen molar-refractivity contribution in [1.29, 1.82) is 0 Å². The average Bonchev–Trinajstić information content (AvgIpc) is 3.35. The Bertz CT molecular complexity index is 1240. The second kappa shape index (κ2) is 7.75. The minimum absolute atomic E-state index is 0.0285. The van der Waals surface area contributed by atoms with Gasteiger partial charge in [0.2, 0.25) is 5.91 Å². The maximum absolute atomic E-state index is 13.9. The van der Waals surface area contributed by atoms with Gasteiger partial charge in [0.1, 0.15) is 11.6 Å². The van der Waals surface area contributed by atoms with E-state index >= 15 is 0 Å². The van der Waals surface area contributed by atoms with Gasteiger partial charge in [-0.1, -0.05) is 0 Å². The second-order valence-electron chi connectivity index (χ2n) is 8.74. The molecule has 7 nitrogen and oxygen atoms in total. The number of carbonyl (C=O) groups excluding carboxylic acids is 1. The number of carbonyl (C=O) groups is 1. The van der Waals surface area contributed by atoms with Gasteiger partial charge in [-0.25, -0.2) is 19.3 Å². The molecule has 0 saturated carbocycles. The molecule has 11 heteroatoms. The summed E-state index contributed by atoms with van der Waals surface area (Å²) in [5.41, 5.74) is 0.604. The fourth-order valence-electron chi connectivity index (χ4n) is 4.97. The highest BCUT2D eigenvalue weighted by molar-refractivity contribution is 5.83. The highest BCUT2D eigenvalue weighted by Crippen LogP contribution is 2.37. The van der Waals surface area contributed by atoms with E-state index in [2.05, 4.69) is 15.3 Å². The normalized spacial score (nSPS) is 23.4. The summed E-state index contributed by atoms with van der Waals surface area (Å²) in [4.78, 5) is 27.8. The van der Waals surface area contributed by atoms with Crippen molar-refractivity contribution < 1.29 is 22.4 Å². The van der Waals surface area contributed by atoms with E-state index < -0.39 is 17.6 Å². The predicted octanol–water partition coefficient (Wildman–Crippen LogP) is 2.87. The van der Waals surface area contributed by atoms with Gasteiger partial charge in [-0.2, -0.15) is 13.2 Å². The van der Waals surface area contributed by atoms with Gasteiger partial charge in [0.05, 0.1) is 30.0 Å². The standard InChI is InChI=1S/C22H22F4N6O/c1-11-29-19-20(32(11)9-12-5-13(22(24,25)26)7-14(23)6-12)30-17(8-28-19)16-10-31(2)21(33)18-15(16)3-4-27-18/h5-8,15-16,18,27H,3-4,9-10H2,1-2H3. The first-order valence-electron chi connectivity index (χ1n) is 10.7. The molecule has 33 heavy (non-hydrogen) atoms. The van der Waals surface area contributed by atoms with Crippen molar-refractivity contribution in [3.05, 3.63) is 52.9 Å². The molecule has 5 rings (SSSR count). The quantitative estimate of drug-likeness (QED) is 0.606. The number of nitrogens with one attached hydrogen (secondary N) is 1. The molecule has 2 aliphatic rings. The van der Waals surface area contributed by atoms with Crippen LogP contribution in [0.15, 0.2) is 24.4 Å². The van der Waals surface area contributed by atoms with Crippen molar-refractivity contribution >= 4 is 17.2 Å². The van der Waals surface area contributed by atoms with Crippen LogP contribution in [-0.4, -0.2) is 56.5 Å². The molecule has 0 spiro atoms. The molecule has 3 atom stereocenters. The molecular formula is C22H22F4N6O. The summed E-state index contributed by atoms with van der Waals surface area (Å²) in [5.74, 6) is -0.315. The van der Waals surface area contributed by atoms with Crippen LogP contribution in [-0.2, 0) is 17.5 Å². The van der Waals surface area contributed by atoms with Crippen LogP contribution in [0, 0.1) is 18.7 Å². The van der Waals surface area contributed by atoms with Gasteiger partial charge in [-0.15, -0.1) is 0 Å². The summed E-state index contributed by atoms with van der Waals surface area (Å²) in [6.07, 6.45) is -2.14. The van der Waals surface area contributed by atoms with Gasteiger partial charge in [0, 0.05) is 19.5 Å². The molecule has 2 saturated heterocycles. The van der Waals surface area contributed by atoms with E-state index in [0.29, 0.717) is 35.4 Å². The molecule has 174 valence electrons. The largest absolute Gasteiger partial charge is 0.416 e. The summed E-state index contributed by atoms with van der Waals surface area (Å²) in [6, 6.07) is 2.23. The van der Waals surface area contributed by atoms with Gasteiger partial charge in [-0.05, 0) is 49.6 Å². The molecule has 2 aromatic heterocycles. The van der Waals surface area contributed by atoms with Gasteiger partial charge < -0.3 is 14.8 Å². The van der Waals surface area contributed by atoms with Crippen molar-refractivity contribution in [3.63, 3.8) is 0 Å². The van der Waals surface area contributed by atoms with Crippen LogP contribution in [0.5, 0.6) is 0 Å². The van der Waals surface area contributed by atoms with Gasteiger partial charge >= 0.3 is 6.18 Å². The maximum Gasteiger partial charge on any atom is 0.416 e. The monoisotopic (exact) mass is 462 g/mol. The average molecular weight is 462 g/mol. The van der Waals surface area contributed by atoms with E-state index in [9.17, 15) is 22.4 Å². The number of hydrogen-bond donors (Lipinski definition) is 1. The molecular weight excluding hydrogens is 440 g/mol. The first-order valence-corrected chi connectivity index (χ1v) is 10.7. The second-order valence-corrected chi connectivity index (χ2v) is 8.74. The van der Waals surface area contributed by atoms with E-state index in [1.807, 2.05) is 0 Å². The Hall–Kier alpha value is -3.08. The number of likely N-dealkylation sites (N-methyl/N-ethyl adjacent to an activating group) is 1. The number of aromatic nitrogens is 4. The fourth-order valence-corrected chi connectivity index (χ4v) is 4.97. The molecule has 0 aliphatic carbocycles. The lowest BCUT2D eigenvalue weighted by Gasteiger charge is -2.37. The number of likely N-dealkylation sites (tertiary alicyclic amines) is 1. The van der Waals surface area contributed by atoms with Crippen molar-refractivity contribution in [3.8, 4) is 0 Å². The Morgan fingerprint density at radius 2 is 2.00 bits per heavy atom. The van der Waals surface area contributed by atoms with Crippen LogP contribution in [0.3, 0.4) is 0 Å². The van der Waals surface area contributed by atoms with E-state index in [0.717, 1.165) is 25.1 Å². The number of imidazole rings is 1. The number of rotatable bonds is 3. The highest BCUT2D eigenvalue weighted by Gasteiger charge is 2.45. The van der Waals surface area contributed by atoms with Crippen molar-refractivity contribution in [2.75, 3.05) is 20.1 Å². The van der Waals surface area contributed by atoms with Crippen LogP contribution >= 0.6 is 0 Å². The van der Waals surface area contributed by atoms with Gasteiger partial charge in [0.15, 0.2) is 11.3 Å². The lowest BCUT2D eigenvalue weighted by molar-refractivity contribution is -0.138. The molecule has 2 fully saturated rings.